The van der Waals surface area contributed by atoms with Crippen molar-refractivity contribution in [2.75, 3.05) is 39.8 Å². The van der Waals surface area contributed by atoms with Crippen molar-refractivity contribution < 1.29 is 14.6 Å². The number of nitrogens with zero attached hydrogens (tertiary/aromatic N) is 2. The number of ether oxygens (including phenoxy) is 1. The van der Waals surface area contributed by atoms with E-state index in [0.717, 1.165) is 12.1 Å². The topological polar surface area (TPSA) is 65.0 Å². The number of aliphatic hydroxyl groups is 1. The summed E-state index contributed by atoms with van der Waals surface area (Å²) < 4.78 is 5.26. The molecule has 0 atom stereocenters. The van der Waals surface area contributed by atoms with Crippen LogP contribution in [0.25, 0.3) is 0 Å². The van der Waals surface area contributed by atoms with E-state index in [0.29, 0.717) is 19.6 Å². The predicted octanol–water partition coefficient (Wildman–Crippen LogP) is 1.07. The first-order chi connectivity index (χ1) is 10.2. The van der Waals surface area contributed by atoms with Crippen LogP contribution in [0.3, 0.4) is 0 Å². The molecule has 0 aliphatic rings. The van der Waals surface area contributed by atoms with E-state index < -0.39 is 6.09 Å². The molecule has 21 heavy (non-hydrogen) atoms. The van der Waals surface area contributed by atoms with E-state index >= 15 is 0 Å². The molecule has 2 N–H and O–H groups in total. The maximum Gasteiger partial charge on any atom is 0.424 e. The summed E-state index contributed by atoms with van der Waals surface area (Å²) in [5, 5.41) is 10.4. The van der Waals surface area contributed by atoms with Crippen LogP contribution in [0.2, 0.25) is 0 Å². The maximum atomic E-state index is 12.0. The monoisotopic (exact) mass is 295 g/mol. The number of hydrogen-bond donors (Lipinski definition) is 2. The van der Waals surface area contributed by atoms with Crippen molar-refractivity contribution in [3.63, 3.8) is 0 Å². The van der Waals surface area contributed by atoms with Gasteiger partial charge in [0.1, 0.15) is 6.61 Å². The third kappa shape index (κ3) is 6.57. The molecule has 118 valence electrons. The summed E-state index contributed by atoms with van der Waals surface area (Å²) in [4.78, 5) is 14.0. The Balaban J connectivity index is 2.38. The van der Waals surface area contributed by atoms with E-state index in [1.807, 2.05) is 37.3 Å². The van der Waals surface area contributed by atoms with Gasteiger partial charge in [0.2, 0.25) is 0 Å². The van der Waals surface area contributed by atoms with Gasteiger partial charge in [0, 0.05) is 20.1 Å². The van der Waals surface area contributed by atoms with Gasteiger partial charge in [-0.2, -0.15) is 0 Å². The maximum absolute atomic E-state index is 12.0. The van der Waals surface area contributed by atoms with Gasteiger partial charge >= 0.3 is 6.09 Å². The molecule has 0 unspecified atom stereocenters. The van der Waals surface area contributed by atoms with Crippen molar-refractivity contribution in [1.29, 1.82) is 0 Å². The zero-order chi connectivity index (χ0) is 15.5. The van der Waals surface area contributed by atoms with Gasteiger partial charge in [0.25, 0.3) is 0 Å². The molecule has 0 aliphatic heterocycles. The average molecular weight is 295 g/mol. The van der Waals surface area contributed by atoms with Crippen LogP contribution in [0, 0.1) is 0 Å². The molecule has 0 fully saturated rings. The van der Waals surface area contributed by atoms with Gasteiger partial charge in [0.15, 0.2) is 0 Å². The van der Waals surface area contributed by atoms with E-state index in [2.05, 4.69) is 10.3 Å². The van der Waals surface area contributed by atoms with Gasteiger partial charge < -0.3 is 9.84 Å². The number of amides is 1. The first-order valence-corrected chi connectivity index (χ1v) is 7.20. The molecule has 1 aromatic rings. The first kappa shape index (κ1) is 17.4. The molecule has 6 heteroatoms. The van der Waals surface area contributed by atoms with Crippen LogP contribution in [0.5, 0.6) is 0 Å². The summed E-state index contributed by atoms with van der Waals surface area (Å²) in [5.41, 5.74) is 3.79. The zero-order valence-electron chi connectivity index (χ0n) is 12.8. The molecule has 0 saturated heterocycles. The fraction of sp³-hybridized carbons (Fsp3) is 0.533. The number of benzene rings is 1. The van der Waals surface area contributed by atoms with E-state index in [1.54, 1.807) is 7.05 Å². The van der Waals surface area contributed by atoms with Crippen LogP contribution in [0.4, 0.5) is 4.79 Å². The van der Waals surface area contributed by atoms with E-state index in [9.17, 15) is 4.79 Å². The van der Waals surface area contributed by atoms with Gasteiger partial charge in [0.05, 0.1) is 13.2 Å². The highest BCUT2D eigenvalue weighted by Crippen LogP contribution is 2.02. The van der Waals surface area contributed by atoms with Crippen LogP contribution < -0.4 is 5.43 Å². The molecule has 1 rings (SSSR count). The Kier molecular flexibility index (Phi) is 8.42. The normalized spacial score (nSPS) is 10.7. The Morgan fingerprint density at radius 1 is 1.24 bits per heavy atom. The van der Waals surface area contributed by atoms with E-state index in [-0.39, 0.29) is 13.2 Å². The van der Waals surface area contributed by atoms with Gasteiger partial charge in [-0.15, -0.1) is 0 Å². The van der Waals surface area contributed by atoms with Crippen molar-refractivity contribution in [1.82, 2.24) is 15.3 Å². The standard InChI is InChI=1S/C15H25N3O3/c1-3-17(11-12-19)9-10-18(16-2)15(20)21-13-14-7-5-4-6-8-14/h4-8,16,19H,3,9-13H2,1-2H3. The molecule has 6 nitrogen and oxygen atoms in total. The Labute approximate surface area is 126 Å². The molecule has 0 bridgehead atoms. The number of likely N-dealkylation sites (N-methyl/N-ethyl adjacent to an activating group) is 1. The smallest absolute Gasteiger partial charge is 0.424 e. The van der Waals surface area contributed by atoms with Crippen LogP contribution in [0.1, 0.15) is 12.5 Å². The van der Waals surface area contributed by atoms with Crippen LogP contribution in [-0.2, 0) is 11.3 Å². The molecule has 1 amide bonds. The lowest BCUT2D eigenvalue weighted by molar-refractivity contribution is 0.0747. The second-order valence-corrected chi connectivity index (χ2v) is 4.57. The highest BCUT2D eigenvalue weighted by atomic mass is 16.6. The van der Waals surface area contributed by atoms with Crippen molar-refractivity contribution in [2.45, 2.75) is 13.5 Å². The first-order valence-electron chi connectivity index (χ1n) is 7.20. The van der Waals surface area contributed by atoms with Gasteiger partial charge in [-0.05, 0) is 12.1 Å². The Morgan fingerprint density at radius 2 is 1.95 bits per heavy atom. The Morgan fingerprint density at radius 3 is 2.52 bits per heavy atom. The summed E-state index contributed by atoms with van der Waals surface area (Å²) in [6.07, 6.45) is -0.401. The van der Waals surface area contributed by atoms with Crippen LogP contribution >= 0.6 is 0 Å². The number of hydrazine groups is 1. The minimum atomic E-state index is -0.401. The summed E-state index contributed by atoms with van der Waals surface area (Å²) >= 11 is 0. The van der Waals surface area contributed by atoms with E-state index in [4.69, 9.17) is 9.84 Å². The summed E-state index contributed by atoms with van der Waals surface area (Å²) in [6, 6.07) is 9.57. The number of hydrogen-bond acceptors (Lipinski definition) is 5. The lowest BCUT2D eigenvalue weighted by Gasteiger charge is -2.25. The van der Waals surface area contributed by atoms with Crippen molar-refractivity contribution in [3.05, 3.63) is 35.9 Å². The molecule has 0 aromatic heterocycles. The molecular formula is C15H25N3O3. The fourth-order valence-electron chi connectivity index (χ4n) is 1.90. The number of aliphatic hydroxyl groups excluding tert-OH is 1. The molecule has 0 spiro atoms. The van der Waals surface area contributed by atoms with Crippen LogP contribution in [-0.4, -0.2) is 60.9 Å². The fourth-order valence-corrected chi connectivity index (χ4v) is 1.90. The minimum absolute atomic E-state index is 0.117. The number of carbonyl (C=O) groups excluding carboxylic acids is 1. The third-order valence-electron chi connectivity index (χ3n) is 3.20. The molecule has 0 aliphatic carbocycles. The van der Waals surface area contributed by atoms with Crippen molar-refractivity contribution in [2.24, 2.45) is 0 Å². The molecule has 1 aromatic carbocycles. The van der Waals surface area contributed by atoms with Gasteiger partial charge in [-0.3, -0.25) is 4.90 Å². The molecule has 0 heterocycles. The highest BCUT2D eigenvalue weighted by Gasteiger charge is 2.14. The Bertz CT molecular complexity index is 400. The summed E-state index contributed by atoms with van der Waals surface area (Å²) in [6.45, 7) is 5.01. The zero-order valence-corrected chi connectivity index (χ0v) is 12.8. The average Bonchev–Trinajstić information content (AvgIpc) is 2.53. The summed E-state index contributed by atoms with van der Waals surface area (Å²) in [7, 11) is 1.69. The third-order valence-corrected chi connectivity index (χ3v) is 3.20. The van der Waals surface area contributed by atoms with Crippen LogP contribution in [0.15, 0.2) is 30.3 Å². The highest BCUT2D eigenvalue weighted by molar-refractivity contribution is 5.66. The second-order valence-electron chi connectivity index (χ2n) is 4.57. The number of carbonyl (C=O) groups is 1. The molecular weight excluding hydrogens is 270 g/mol. The second kappa shape index (κ2) is 10.1. The molecule has 0 saturated carbocycles. The van der Waals surface area contributed by atoms with E-state index in [1.165, 1.54) is 5.01 Å². The minimum Gasteiger partial charge on any atom is -0.444 e. The van der Waals surface area contributed by atoms with Crippen molar-refractivity contribution in [3.8, 4) is 0 Å². The lowest BCUT2D eigenvalue weighted by Crippen LogP contribution is -2.45. The quantitative estimate of drug-likeness (QED) is 0.667. The van der Waals surface area contributed by atoms with Gasteiger partial charge in [-0.1, -0.05) is 37.3 Å². The largest absolute Gasteiger partial charge is 0.444 e. The van der Waals surface area contributed by atoms with Crippen molar-refractivity contribution >= 4 is 6.09 Å². The molecule has 0 radical (unpaired) electrons. The summed E-state index contributed by atoms with van der Waals surface area (Å²) in [5.74, 6) is 0. The number of rotatable bonds is 9. The number of nitrogens with one attached hydrogen (secondary N) is 1. The SMILES string of the molecule is CCN(CCO)CCN(NC)C(=O)OCc1ccccc1. The predicted molar refractivity (Wildman–Crippen MR) is 81.6 cm³/mol. The van der Waals surface area contributed by atoms with Gasteiger partial charge in [-0.25, -0.2) is 15.2 Å². The Hall–Kier alpha value is -1.63. The lowest BCUT2D eigenvalue weighted by atomic mass is 10.2.